The van der Waals surface area contributed by atoms with E-state index in [0.717, 1.165) is 29.8 Å². The van der Waals surface area contributed by atoms with E-state index in [0.29, 0.717) is 24.7 Å². The third-order valence-corrected chi connectivity index (χ3v) is 5.57. The van der Waals surface area contributed by atoms with Crippen LogP contribution in [0.2, 0.25) is 5.02 Å². The minimum absolute atomic E-state index is 0.0231. The fourth-order valence-electron chi connectivity index (χ4n) is 3.35. The van der Waals surface area contributed by atoms with Crippen LogP contribution in [0.4, 0.5) is 4.79 Å². The monoisotopic (exact) mass is 500 g/mol. The molecule has 0 saturated carbocycles. The Labute approximate surface area is 211 Å². The van der Waals surface area contributed by atoms with Crippen LogP contribution in [0.1, 0.15) is 92.1 Å². The molecule has 8 heteroatoms. The van der Waals surface area contributed by atoms with Gasteiger partial charge in [-0.05, 0) is 46.6 Å². The average molecular weight is 501 g/mol. The maximum absolute atomic E-state index is 12.2. The van der Waals surface area contributed by atoms with Gasteiger partial charge < -0.3 is 19.5 Å². The van der Waals surface area contributed by atoms with Crippen molar-refractivity contribution in [1.29, 1.82) is 0 Å². The van der Waals surface area contributed by atoms with Crippen LogP contribution >= 0.6 is 11.6 Å². The van der Waals surface area contributed by atoms with Crippen molar-refractivity contribution in [3.63, 3.8) is 0 Å². The van der Waals surface area contributed by atoms with Crippen molar-refractivity contribution in [2.45, 2.75) is 99.9 Å². The number of fused-ring (bicyclic) bond motifs is 2. The van der Waals surface area contributed by atoms with Crippen molar-refractivity contribution >= 4 is 23.5 Å². The molecule has 2 aliphatic heterocycles. The van der Waals surface area contributed by atoms with Gasteiger partial charge in [-0.15, -0.1) is 0 Å². The molecule has 3 heterocycles. The third kappa shape index (κ3) is 9.16. The van der Waals surface area contributed by atoms with Gasteiger partial charge in [0.2, 0.25) is 0 Å². The van der Waals surface area contributed by atoms with E-state index in [-0.39, 0.29) is 30.0 Å². The van der Waals surface area contributed by atoms with Crippen LogP contribution in [0.15, 0.2) is 6.07 Å². The second kappa shape index (κ2) is 14.6. The van der Waals surface area contributed by atoms with Crippen molar-refractivity contribution in [3.05, 3.63) is 28.0 Å². The zero-order valence-electron chi connectivity index (χ0n) is 22.7. The first kappa shape index (κ1) is 32.3. The summed E-state index contributed by atoms with van der Waals surface area (Å²) in [5, 5.41) is 8.83. The molecule has 7 nitrogen and oxygen atoms in total. The van der Waals surface area contributed by atoms with Crippen molar-refractivity contribution in [1.82, 2.24) is 9.88 Å². The molecule has 1 saturated heterocycles. The van der Waals surface area contributed by atoms with Gasteiger partial charge in [-0.2, -0.15) is 0 Å². The molecule has 196 valence electrons. The van der Waals surface area contributed by atoms with Crippen LogP contribution in [0.3, 0.4) is 0 Å². The Morgan fingerprint density at radius 1 is 1.21 bits per heavy atom. The van der Waals surface area contributed by atoms with E-state index in [1.807, 2.05) is 61.5 Å². The molecule has 34 heavy (non-hydrogen) atoms. The summed E-state index contributed by atoms with van der Waals surface area (Å²) in [4.78, 5) is 28.9. The minimum Gasteiger partial charge on any atom is -0.444 e. The Bertz CT molecular complexity index is 782. The highest BCUT2D eigenvalue weighted by molar-refractivity contribution is 6.31. The molecular weight excluding hydrogens is 456 g/mol. The normalized spacial score (nSPS) is 15.7. The molecule has 3 rings (SSSR count). The summed E-state index contributed by atoms with van der Waals surface area (Å²) in [6, 6.07) is 1.95. The Hall–Kier alpha value is -1.70. The number of carbonyl (C=O) groups is 2. The maximum atomic E-state index is 12.2. The number of halogens is 1. The zero-order valence-corrected chi connectivity index (χ0v) is 23.5. The molecule has 1 spiro atoms. The number of aryl methyl sites for hydroxylation is 1. The number of ketones is 1. The number of hydrogen-bond acceptors (Lipinski definition) is 6. The average Bonchev–Trinajstić information content (AvgIpc) is 3.12. The number of aromatic nitrogens is 1. The van der Waals surface area contributed by atoms with E-state index >= 15 is 0 Å². The SMILES string of the molecule is CC.CC.CC(C)C(=O)CO.Cc1nc2c(cc1Cl)COC21CCN(C(=O)OC(C)(C)C)CC1. The quantitative estimate of drug-likeness (QED) is 0.531. The maximum Gasteiger partial charge on any atom is 0.410 e. The molecule has 1 aromatic heterocycles. The van der Waals surface area contributed by atoms with E-state index in [1.165, 1.54) is 0 Å². The van der Waals surface area contributed by atoms with Crippen LogP contribution in [0.25, 0.3) is 0 Å². The van der Waals surface area contributed by atoms with E-state index < -0.39 is 5.60 Å². The van der Waals surface area contributed by atoms with Crippen LogP contribution in [-0.2, 0) is 26.5 Å². The predicted octanol–water partition coefficient (Wildman–Crippen LogP) is 6.06. The van der Waals surface area contributed by atoms with Crippen molar-refractivity contribution in [2.75, 3.05) is 19.7 Å². The molecule has 2 aliphatic rings. The molecule has 0 aromatic carbocycles. The van der Waals surface area contributed by atoms with E-state index in [2.05, 4.69) is 4.98 Å². The summed E-state index contributed by atoms with van der Waals surface area (Å²) >= 11 is 6.16. The molecular formula is C26H45ClN2O5. The van der Waals surface area contributed by atoms with Crippen molar-refractivity contribution in [3.8, 4) is 0 Å². The number of rotatable bonds is 2. The third-order valence-electron chi connectivity index (χ3n) is 5.19. The van der Waals surface area contributed by atoms with Crippen molar-refractivity contribution < 1.29 is 24.2 Å². The summed E-state index contributed by atoms with van der Waals surface area (Å²) < 4.78 is 11.5. The summed E-state index contributed by atoms with van der Waals surface area (Å²) in [7, 11) is 0. The molecule has 1 N–H and O–H groups in total. The van der Waals surface area contributed by atoms with Gasteiger partial charge in [0.1, 0.15) is 17.8 Å². The number of likely N-dealkylation sites (tertiary alicyclic amines) is 1. The van der Waals surface area contributed by atoms with Gasteiger partial charge in [0, 0.05) is 24.6 Å². The summed E-state index contributed by atoms with van der Waals surface area (Å²) in [5.74, 6) is -0.120. The van der Waals surface area contributed by atoms with Gasteiger partial charge >= 0.3 is 6.09 Å². The Morgan fingerprint density at radius 2 is 1.74 bits per heavy atom. The fraction of sp³-hybridized carbons (Fsp3) is 0.731. The number of carbonyl (C=O) groups excluding carboxylic acids is 2. The van der Waals surface area contributed by atoms with E-state index in [1.54, 1.807) is 18.7 Å². The standard InChI is InChI=1S/C17H23ClN2O3.C5H10O2.2C2H6/c1-11-13(18)9-12-10-22-17(14(12)19-11)5-7-20(8-6-17)15(21)23-16(2,3)4;1-4(2)5(7)3-6;2*1-2/h9H,5-8,10H2,1-4H3;4,6H,3H2,1-2H3;2*1-2H3. The number of pyridine rings is 1. The van der Waals surface area contributed by atoms with Gasteiger partial charge in [-0.3, -0.25) is 9.78 Å². The summed E-state index contributed by atoms with van der Waals surface area (Å²) in [6.07, 6.45) is 1.20. The van der Waals surface area contributed by atoms with Crippen molar-refractivity contribution in [2.24, 2.45) is 5.92 Å². The van der Waals surface area contributed by atoms with Crippen LogP contribution in [0.5, 0.6) is 0 Å². The zero-order chi connectivity index (χ0) is 26.7. The van der Waals surface area contributed by atoms with E-state index in [4.69, 9.17) is 26.2 Å². The summed E-state index contributed by atoms with van der Waals surface area (Å²) in [5.41, 5.74) is 2.01. The van der Waals surface area contributed by atoms with Gasteiger partial charge in [0.15, 0.2) is 5.78 Å². The fourth-order valence-corrected chi connectivity index (χ4v) is 3.52. The van der Waals surface area contributed by atoms with E-state index in [9.17, 15) is 9.59 Å². The predicted molar refractivity (Wildman–Crippen MR) is 137 cm³/mol. The lowest BCUT2D eigenvalue weighted by atomic mass is 9.87. The lowest BCUT2D eigenvalue weighted by Gasteiger charge is -2.39. The molecule has 0 atom stereocenters. The Morgan fingerprint density at radius 3 is 2.15 bits per heavy atom. The number of nitrogens with zero attached hydrogens (tertiary/aromatic N) is 2. The molecule has 0 bridgehead atoms. The first-order valence-corrected chi connectivity index (χ1v) is 12.7. The Kier molecular flexibility index (Phi) is 13.9. The van der Waals surface area contributed by atoms with Gasteiger partial charge in [-0.1, -0.05) is 53.1 Å². The smallest absolute Gasteiger partial charge is 0.410 e. The number of aliphatic hydroxyl groups is 1. The Balaban J connectivity index is 0.000000844. The highest BCUT2D eigenvalue weighted by Crippen LogP contribution is 2.44. The second-order valence-corrected chi connectivity index (χ2v) is 9.50. The molecule has 1 fully saturated rings. The van der Waals surface area contributed by atoms with Crippen LogP contribution in [-0.4, -0.2) is 52.2 Å². The molecule has 0 aliphatic carbocycles. The largest absolute Gasteiger partial charge is 0.444 e. The highest BCUT2D eigenvalue weighted by Gasteiger charge is 2.45. The molecule has 1 aromatic rings. The number of Topliss-reactive ketones (excluding diaryl/α,β-unsaturated/α-hetero) is 1. The number of ether oxygens (including phenoxy) is 2. The topological polar surface area (TPSA) is 89.0 Å². The van der Waals surface area contributed by atoms with Crippen LogP contribution < -0.4 is 0 Å². The molecule has 1 amide bonds. The number of hydrogen-bond donors (Lipinski definition) is 1. The second-order valence-electron chi connectivity index (χ2n) is 9.09. The summed E-state index contributed by atoms with van der Waals surface area (Å²) in [6.45, 7) is 20.5. The molecule has 0 unspecified atom stereocenters. The lowest BCUT2D eigenvalue weighted by Crippen LogP contribution is -2.47. The first-order valence-electron chi connectivity index (χ1n) is 12.3. The van der Waals surface area contributed by atoms with Gasteiger partial charge in [-0.25, -0.2) is 4.79 Å². The minimum atomic E-state index is -0.474. The first-order chi connectivity index (χ1) is 15.9. The van der Waals surface area contributed by atoms with Gasteiger partial charge in [0.05, 0.1) is 23.0 Å². The van der Waals surface area contributed by atoms with Crippen LogP contribution in [0, 0.1) is 12.8 Å². The lowest BCUT2D eigenvalue weighted by molar-refractivity contribution is -0.124. The number of aliphatic hydroxyl groups excluding tert-OH is 1. The number of amides is 1. The molecule has 0 radical (unpaired) electrons. The van der Waals surface area contributed by atoms with Gasteiger partial charge in [0.25, 0.3) is 0 Å². The highest BCUT2D eigenvalue weighted by atomic mass is 35.5. The number of piperidine rings is 1.